The lowest BCUT2D eigenvalue weighted by Gasteiger charge is -2.36. The van der Waals surface area contributed by atoms with Crippen LogP contribution in [0, 0.1) is 0 Å². The number of carbonyl (C=O) groups is 3. The molecular formula is C21H25N3O6. The molecule has 0 saturated carbocycles. The number of hydrogen-bond acceptors (Lipinski definition) is 7. The summed E-state index contributed by atoms with van der Waals surface area (Å²) in [6.07, 6.45) is 1.37. The third-order valence-electron chi connectivity index (χ3n) is 4.85. The first kappa shape index (κ1) is 21.2. The highest BCUT2D eigenvalue weighted by molar-refractivity contribution is 5.94. The third kappa shape index (κ3) is 5.31. The molecule has 1 fully saturated rings. The molecule has 1 aromatic carbocycles. The van der Waals surface area contributed by atoms with Crippen LogP contribution in [0.1, 0.15) is 17.5 Å². The summed E-state index contributed by atoms with van der Waals surface area (Å²) < 4.78 is 15.2. The first-order valence-electron chi connectivity index (χ1n) is 9.65. The molecule has 0 aliphatic carbocycles. The summed E-state index contributed by atoms with van der Waals surface area (Å²) in [7, 11) is 1.62. The van der Waals surface area contributed by atoms with Crippen molar-refractivity contribution in [2.24, 2.45) is 0 Å². The van der Waals surface area contributed by atoms with Gasteiger partial charge in [0.15, 0.2) is 12.4 Å². The topological polar surface area (TPSA) is 101 Å². The van der Waals surface area contributed by atoms with E-state index in [1.807, 2.05) is 24.3 Å². The van der Waals surface area contributed by atoms with E-state index in [-0.39, 0.29) is 18.3 Å². The highest BCUT2D eigenvalue weighted by Crippen LogP contribution is 2.20. The highest BCUT2D eigenvalue weighted by Gasteiger charge is 2.24. The van der Waals surface area contributed by atoms with Gasteiger partial charge in [-0.1, -0.05) is 0 Å². The van der Waals surface area contributed by atoms with Crippen molar-refractivity contribution in [1.82, 2.24) is 10.2 Å². The molecule has 9 heteroatoms. The summed E-state index contributed by atoms with van der Waals surface area (Å²) in [5, 5.41) is 2.47. The molecule has 1 aliphatic heterocycles. The van der Waals surface area contributed by atoms with Crippen molar-refractivity contribution >= 4 is 23.5 Å². The number of carbonyl (C=O) groups excluding carboxylic acids is 3. The SMILES string of the molecule is COc1ccc(N2CCN(C(=O)COC(=O)[C@@H](C)NC(=O)c3ccco3)CC2)cc1. The van der Waals surface area contributed by atoms with Crippen LogP contribution in [0.2, 0.25) is 0 Å². The number of methoxy groups -OCH3 is 1. The summed E-state index contributed by atoms with van der Waals surface area (Å²) >= 11 is 0. The van der Waals surface area contributed by atoms with Gasteiger partial charge in [0.2, 0.25) is 0 Å². The Morgan fingerprint density at radius 3 is 2.40 bits per heavy atom. The fourth-order valence-corrected chi connectivity index (χ4v) is 3.09. The van der Waals surface area contributed by atoms with Gasteiger partial charge >= 0.3 is 5.97 Å². The zero-order chi connectivity index (χ0) is 21.5. The molecule has 9 nitrogen and oxygen atoms in total. The summed E-state index contributed by atoms with van der Waals surface area (Å²) in [5.41, 5.74) is 1.07. The third-order valence-corrected chi connectivity index (χ3v) is 4.85. The monoisotopic (exact) mass is 415 g/mol. The maximum Gasteiger partial charge on any atom is 0.328 e. The molecule has 1 atom stereocenters. The first-order valence-corrected chi connectivity index (χ1v) is 9.65. The molecular weight excluding hydrogens is 390 g/mol. The maximum absolute atomic E-state index is 12.4. The van der Waals surface area contributed by atoms with E-state index >= 15 is 0 Å². The number of nitrogens with one attached hydrogen (secondary N) is 1. The lowest BCUT2D eigenvalue weighted by molar-refractivity contribution is -0.153. The Morgan fingerprint density at radius 2 is 1.80 bits per heavy atom. The first-order chi connectivity index (χ1) is 14.5. The Kier molecular flexibility index (Phi) is 6.95. The molecule has 2 aromatic rings. The van der Waals surface area contributed by atoms with Crippen molar-refractivity contribution < 1.29 is 28.3 Å². The Balaban J connectivity index is 1.40. The Bertz CT molecular complexity index is 857. The predicted octanol–water partition coefficient (Wildman–Crippen LogP) is 1.30. The zero-order valence-corrected chi connectivity index (χ0v) is 17.0. The molecule has 1 aromatic heterocycles. The average Bonchev–Trinajstić information content (AvgIpc) is 3.32. The van der Waals surface area contributed by atoms with Gasteiger partial charge in [-0.15, -0.1) is 0 Å². The number of ether oxygens (including phenoxy) is 2. The lowest BCUT2D eigenvalue weighted by atomic mass is 10.2. The van der Waals surface area contributed by atoms with Crippen molar-refractivity contribution in [2.75, 3.05) is 44.8 Å². The van der Waals surface area contributed by atoms with E-state index in [0.717, 1.165) is 11.4 Å². The van der Waals surface area contributed by atoms with E-state index in [9.17, 15) is 14.4 Å². The molecule has 0 spiro atoms. The number of esters is 1. The molecule has 1 saturated heterocycles. The van der Waals surface area contributed by atoms with E-state index in [2.05, 4.69) is 10.2 Å². The number of nitrogens with zero attached hydrogens (tertiary/aromatic N) is 2. The smallest absolute Gasteiger partial charge is 0.328 e. The molecule has 0 bridgehead atoms. The minimum absolute atomic E-state index is 0.0976. The molecule has 2 amide bonds. The van der Waals surface area contributed by atoms with Crippen molar-refractivity contribution in [3.63, 3.8) is 0 Å². The quantitative estimate of drug-likeness (QED) is 0.680. The van der Waals surface area contributed by atoms with Crippen LogP contribution < -0.4 is 15.0 Å². The second-order valence-corrected chi connectivity index (χ2v) is 6.85. The predicted molar refractivity (Wildman–Crippen MR) is 108 cm³/mol. The molecule has 1 aliphatic rings. The van der Waals surface area contributed by atoms with Crippen molar-refractivity contribution in [3.8, 4) is 5.75 Å². The molecule has 160 valence electrons. The molecule has 0 unspecified atom stereocenters. The van der Waals surface area contributed by atoms with Gasteiger partial charge in [0.05, 0.1) is 13.4 Å². The van der Waals surface area contributed by atoms with E-state index in [1.54, 1.807) is 18.1 Å². The van der Waals surface area contributed by atoms with Crippen LogP contribution in [0.4, 0.5) is 5.69 Å². The van der Waals surface area contributed by atoms with Crippen LogP contribution in [0.3, 0.4) is 0 Å². The molecule has 3 rings (SSSR count). The van der Waals surface area contributed by atoms with E-state index in [0.29, 0.717) is 26.2 Å². The fraction of sp³-hybridized carbons (Fsp3) is 0.381. The Labute approximate surface area is 174 Å². The van der Waals surface area contributed by atoms with Gasteiger partial charge in [-0.2, -0.15) is 0 Å². The van der Waals surface area contributed by atoms with Crippen molar-refractivity contribution in [1.29, 1.82) is 0 Å². The van der Waals surface area contributed by atoms with Gasteiger partial charge in [0.1, 0.15) is 11.8 Å². The molecule has 0 radical (unpaired) electrons. The largest absolute Gasteiger partial charge is 0.497 e. The number of amides is 2. The van der Waals surface area contributed by atoms with Gasteiger partial charge in [-0.25, -0.2) is 4.79 Å². The lowest BCUT2D eigenvalue weighted by Crippen LogP contribution is -2.50. The van der Waals surface area contributed by atoms with Crippen LogP contribution in [0.5, 0.6) is 5.75 Å². The number of anilines is 1. The zero-order valence-electron chi connectivity index (χ0n) is 17.0. The number of hydrogen-bond donors (Lipinski definition) is 1. The number of furan rings is 1. The average molecular weight is 415 g/mol. The van der Waals surface area contributed by atoms with Crippen LogP contribution in [0.25, 0.3) is 0 Å². The van der Waals surface area contributed by atoms with E-state index in [1.165, 1.54) is 19.3 Å². The minimum atomic E-state index is -0.901. The molecule has 2 heterocycles. The fourth-order valence-electron chi connectivity index (χ4n) is 3.09. The van der Waals surface area contributed by atoms with Crippen LogP contribution >= 0.6 is 0 Å². The summed E-state index contributed by atoms with van der Waals surface area (Å²) in [6, 6.07) is 9.93. The standard InChI is InChI=1S/C21H25N3O6/c1-15(22-20(26)18-4-3-13-29-18)21(27)30-14-19(25)24-11-9-23(10-12-24)16-5-7-17(28-2)8-6-16/h3-8,13,15H,9-12,14H2,1-2H3,(H,22,26)/t15-/m1/s1. The second-order valence-electron chi connectivity index (χ2n) is 6.85. The van der Waals surface area contributed by atoms with E-state index < -0.39 is 17.9 Å². The summed E-state index contributed by atoms with van der Waals surface area (Å²) in [5.74, 6) is -0.572. The normalized spacial score (nSPS) is 14.7. The van der Waals surface area contributed by atoms with Gasteiger partial charge < -0.3 is 29.0 Å². The number of rotatable bonds is 7. The Hall–Kier alpha value is -3.49. The summed E-state index contributed by atoms with van der Waals surface area (Å²) in [4.78, 5) is 40.2. The van der Waals surface area contributed by atoms with Gasteiger partial charge in [-0.05, 0) is 43.3 Å². The Morgan fingerprint density at radius 1 is 1.10 bits per heavy atom. The molecule has 1 N–H and O–H groups in total. The molecule has 30 heavy (non-hydrogen) atoms. The van der Waals surface area contributed by atoms with Crippen molar-refractivity contribution in [2.45, 2.75) is 13.0 Å². The minimum Gasteiger partial charge on any atom is -0.497 e. The van der Waals surface area contributed by atoms with Gasteiger partial charge in [0, 0.05) is 31.9 Å². The number of piperazine rings is 1. The number of benzene rings is 1. The van der Waals surface area contributed by atoms with Crippen LogP contribution in [-0.4, -0.2) is 68.6 Å². The van der Waals surface area contributed by atoms with Crippen LogP contribution in [-0.2, 0) is 14.3 Å². The van der Waals surface area contributed by atoms with E-state index in [4.69, 9.17) is 13.9 Å². The van der Waals surface area contributed by atoms with Crippen molar-refractivity contribution in [3.05, 3.63) is 48.4 Å². The van der Waals surface area contributed by atoms with Crippen LogP contribution in [0.15, 0.2) is 47.1 Å². The van der Waals surface area contributed by atoms with Gasteiger partial charge in [-0.3, -0.25) is 9.59 Å². The highest BCUT2D eigenvalue weighted by atomic mass is 16.5. The second kappa shape index (κ2) is 9.82. The maximum atomic E-state index is 12.4. The summed E-state index contributed by atoms with van der Waals surface area (Å²) in [6.45, 7) is 3.56. The van der Waals surface area contributed by atoms with Gasteiger partial charge in [0.25, 0.3) is 11.8 Å².